The van der Waals surface area contributed by atoms with Gasteiger partial charge in [-0.3, -0.25) is 4.79 Å². The van der Waals surface area contributed by atoms with E-state index in [1.165, 1.54) is 13.3 Å². The molecule has 7 heteroatoms. The Morgan fingerprint density at radius 2 is 2.08 bits per heavy atom. The number of hydrogen-bond acceptors (Lipinski definition) is 6. The number of hydrazone groups is 1. The van der Waals surface area contributed by atoms with E-state index in [9.17, 15) is 9.90 Å². The van der Waals surface area contributed by atoms with Crippen molar-refractivity contribution in [1.82, 2.24) is 5.43 Å². The Labute approximate surface area is 138 Å². The number of methoxy groups -OCH3 is 1. The molecule has 0 saturated carbocycles. The minimum Gasteiger partial charge on any atom is -0.504 e. The first-order chi connectivity index (χ1) is 11.7. The van der Waals surface area contributed by atoms with Gasteiger partial charge in [0.1, 0.15) is 6.61 Å². The SMILES string of the molecule is COc1cccc(C=NNC(=O)C2COc3ccccc3O2)c1O. The molecule has 0 aromatic heterocycles. The van der Waals surface area contributed by atoms with Crippen LogP contribution in [0.15, 0.2) is 47.6 Å². The van der Waals surface area contributed by atoms with Crippen LogP contribution < -0.4 is 19.6 Å². The molecule has 0 fully saturated rings. The average molecular weight is 328 g/mol. The molecule has 1 aliphatic rings. The fourth-order valence-corrected chi connectivity index (χ4v) is 2.19. The second kappa shape index (κ2) is 6.91. The molecule has 1 aliphatic heterocycles. The summed E-state index contributed by atoms with van der Waals surface area (Å²) in [4.78, 5) is 12.1. The number of hydrogen-bond donors (Lipinski definition) is 2. The highest BCUT2D eigenvalue weighted by atomic mass is 16.6. The number of ether oxygens (including phenoxy) is 3. The highest BCUT2D eigenvalue weighted by Gasteiger charge is 2.26. The van der Waals surface area contributed by atoms with Crippen LogP contribution in [0.4, 0.5) is 0 Å². The van der Waals surface area contributed by atoms with Gasteiger partial charge in [0.05, 0.1) is 13.3 Å². The van der Waals surface area contributed by atoms with Crippen LogP contribution in [-0.2, 0) is 4.79 Å². The van der Waals surface area contributed by atoms with E-state index in [-0.39, 0.29) is 12.4 Å². The number of phenolic OH excluding ortho intramolecular Hbond substituents is 1. The van der Waals surface area contributed by atoms with Crippen molar-refractivity contribution in [1.29, 1.82) is 0 Å². The van der Waals surface area contributed by atoms with Gasteiger partial charge in [-0.1, -0.05) is 18.2 Å². The van der Waals surface area contributed by atoms with Gasteiger partial charge in [-0.2, -0.15) is 5.10 Å². The van der Waals surface area contributed by atoms with E-state index in [1.807, 2.05) is 6.07 Å². The number of fused-ring (bicyclic) bond motifs is 1. The molecule has 1 unspecified atom stereocenters. The molecule has 24 heavy (non-hydrogen) atoms. The lowest BCUT2D eigenvalue weighted by Gasteiger charge is -2.24. The lowest BCUT2D eigenvalue weighted by Crippen LogP contribution is -2.42. The number of carbonyl (C=O) groups excluding carboxylic acids is 1. The fraction of sp³-hybridized carbons (Fsp3) is 0.176. The minimum atomic E-state index is -0.795. The topological polar surface area (TPSA) is 89.4 Å². The van der Waals surface area contributed by atoms with Gasteiger partial charge in [0, 0.05) is 5.56 Å². The highest BCUT2D eigenvalue weighted by Crippen LogP contribution is 2.31. The lowest BCUT2D eigenvalue weighted by molar-refractivity contribution is -0.130. The van der Waals surface area contributed by atoms with Crippen LogP contribution in [0.3, 0.4) is 0 Å². The monoisotopic (exact) mass is 328 g/mol. The molecular formula is C17H16N2O5. The fourth-order valence-electron chi connectivity index (χ4n) is 2.19. The first-order valence-electron chi connectivity index (χ1n) is 7.26. The standard InChI is InChI=1S/C17H16N2O5/c1-22-14-8-4-5-11(16(14)20)9-18-19-17(21)15-10-23-12-6-2-3-7-13(12)24-15/h2-9,15,20H,10H2,1H3,(H,19,21). The number of para-hydroxylation sites is 3. The van der Waals surface area contributed by atoms with E-state index in [4.69, 9.17) is 14.2 Å². The molecule has 124 valence electrons. The van der Waals surface area contributed by atoms with Gasteiger partial charge < -0.3 is 19.3 Å². The second-order valence-electron chi connectivity index (χ2n) is 5.00. The van der Waals surface area contributed by atoms with Crippen LogP contribution in [0, 0.1) is 0 Å². The normalized spacial score (nSPS) is 16.0. The zero-order chi connectivity index (χ0) is 16.9. The van der Waals surface area contributed by atoms with Gasteiger partial charge >= 0.3 is 0 Å². The van der Waals surface area contributed by atoms with Gasteiger partial charge in [0.25, 0.3) is 5.91 Å². The molecule has 2 aromatic rings. The van der Waals surface area contributed by atoms with Crippen LogP contribution in [-0.4, -0.2) is 37.0 Å². The Kier molecular flexibility index (Phi) is 4.51. The summed E-state index contributed by atoms with van der Waals surface area (Å²) in [5.74, 6) is 0.947. The number of carbonyl (C=O) groups is 1. The molecule has 0 radical (unpaired) electrons. The number of aromatic hydroxyl groups is 1. The minimum absolute atomic E-state index is 0.0517. The Hall–Kier alpha value is -3.22. The van der Waals surface area contributed by atoms with E-state index in [0.717, 1.165) is 0 Å². The van der Waals surface area contributed by atoms with Gasteiger partial charge in [0.2, 0.25) is 6.10 Å². The van der Waals surface area contributed by atoms with Crippen LogP contribution in [0.1, 0.15) is 5.56 Å². The number of phenols is 1. The Balaban J connectivity index is 1.62. The molecule has 0 spiro atoms. The molecule has 1 atom stereocenters. The van der Waals surface area contributed by atoms with Crippen molar-refractivity contribution < 1.29 is 24.1 Å². The first-order valence-corrected chi connectivity index (χ1v) is 7.26. The van der Waals surface area contributed by atoms with Gasteiger partial charge in [-0.15, -0.1) is 0 Å². The zero-order valence-corrected chi connectivity index (χ0v) is 12.9. The quantitative estimate of drug-likeness (QED) is 0.658. The zero-order valence-electron chi connectivity index (χ0n) is 12.9. The molecule has 0 saturated heterocycles. The smallest absolute Gasteiger partial charge is 0.284 e. The molecular weight excluding hydrogens is 312 g/mol. The van der Waals surface area contributed by atoms with Crippen molar-refractivity contribution in [3.63, 3.8) is 0 Å². The third-order valence-electron chi connectivity index (χ3n) is 3.43. The molecule has 7 nitrogen and oxygen atoms in total. The van der Waals surface area contributed by atoms with E-state index < -0.39 is 12.0 Å². The molecule has 0 aliphatic carbocycles. The maximum absolute atomic E-state index is 12.1. The summed E-state index contributed by atoms with van der Waals surface area (Å²) in [6.07, 6.45) is 0.531. The van der Waals surface area contributed by atoms with E-state index in [0.29, 0.717) is 22.8 Å². The largest absolute Gasteiger partial charge is 0.504 e. The van der Waals surface area contributed by atoms with Gasteiger partial charge in [-0.25, -0.2) is 5.43 Å². The highest BCUT2D eigenvalue weighted by molar-refractivity contribution is 5.87. The van der Waals surface area contributed by atoms with Crippen molar-refractivity contribution in [2.24, 2.45) is 5.10 Å². The van der Waals surface area contributed by atoms with Crippen LogP contribution in [0.5, 0.6) is 23.0 Å². The van der Waals surface area contributed by atoms with Crippen LogP contribution in [0.25, 0.3) is 0 Å². The summed E-state index contributed by atoms with van der Waals surface area (Å²) in [6, 6.07) is 12.1. The average Bonchev–Trinajstić information content (AvgIpc) is 2.62. The summed E-state index contributed by atoms with van der Waals surface area (Å²) < 4.78 is 16.1. The first kappa shape index (κ1) is 15.7. The third-order valence-corrected chi connectivity index (χ3v) is 3.43. The summed E-state index contributed by atoms with van der Waals surface area (Å²) in [5.41, 5.74) is 2.79. The molecule has 3 rings (SSSR count). The van der Waals surface area contributed by atoms with Crippen LogP contribution >= 0.6 is 0 Å². The van der Waals surface area contributed by atoms with E-state index >= 15 is 0 Å². The van der Waals surface area contributed by atoms with Crippen molar-refractivity contribution >= 4 is 12.1 Å². The molecule has 2 aromatic carbocycles. The second-order valence-corrected chi connectivity index (χ2v) is 5.00. The van der Waals surface area contributed by atoms with Gasteiger partial charge in [-0.05, 0) is 24.3 Å². The number of benzene rings is 2. The third kappa shape index (κ3) is 3.24. The predicted molar refractivity (Wildman–Crippen MR) is 86.7 cm³/mol. The summed E-state index contributed by atoms with van der Waals surface area (Å²) in [6.45, 7) is 0.1000. The molecule has 2 N–H and O–H groups in total. The number of rotatable bonds is 4. The number of nitrogens with one attached hydrogen (secondary N) is 1. The predicted octanol–water partition coefficient (Wildman–Crippen LogP) is 1.69. The molecule has 1 amide bonds. The van der Waals surface area contributed by atoms with Crippen LogP contribution in [0.2, 0.25) is 0 Å². The Morgan fingerprint density at radius 3 is 2.88 bits per heavy atom. The van der Waals surface area contributed by atoms with Crippen molar-refractivity contribution in [2.75, 3.05) is 13.7 Å². The summed E-state index contributed by atoms with van der Waals surface area (Å²) in [7, 11) is 1.45. The van der Waals surface area contributed by atoms with Crippen molar-refractivity contribution in [2.45, 2.75) is 6.10 Å². The van der Waals surface area contributed by atoms with Crippen molar-refractivity contribution in [3.05, 3.63) is 48.0 Å². The van der Waals surface area contributed by atoms with Crippen molar-refractivity contribution in [3.8, 4) is 23.0 Å². The maximum Gasteiger partial charge on any atom is 0.284 e. The number of amides is 1. The lowest BCUT2D eigenvalue weighted by atomic mass is 10.2. The van der Waals surface area contributed by atoms with E-state index in [2.05, 4.69) is 10.5 Å². The number of nitrogens with zero attached hydrogens (tertiary/aromatic N) is 1. The Bertz CT molecular complexity index is 775. The maximum atomic E-state index is 12.1. The molecule has 1 heterocycles. The Morgan fingerprint density at radius 1 is 1.29 bits per heavy atom. The summed E-state index contributed by atoms with van der Waals surface area (Å²) >= 11 is 0. The molecule has 0 bridgehead atoms. The van der Waals surface area contributed by atoms with Gasteiger partial charge in [0.15, 0.2) is 23.0 Å². The summed E-state index contributed by atoms with van der Waals surface area (Å²) in [5, 5.41) is 13.8. The van der Waals surface area contributed by atoms with E-state index in [1.54, 1.807) is 36.4 Å².